The van der Waals surface area contributed by atoms with Gasteiger partial charge in [0.2, 0.25) is 0 Å². The smallest absolute Gasteiger partial charge is 0.0544 e. The van der Waals surface area contributed by atoms with Crippen LogP contribution in [0, 0.1) is 0 Å². The molecule has 1 fully saturated rings. The highest BCUT2D eigenvalue weighted by molar-refractivity contribution is 5.04. The van der Waals surface area contributed by atoms with Gasteiger partial charge in [-0.15, -0.1) is 0 Å². The van der Waals surface area contributed by atoms with E-state index in [9.17, 15) is 0 Å². The van der Waals surface area contributed by atoms with Gasteiger partial charge < -0.3 is 5.32 Å². The Morgan fingerprint density at radius 1 is 1.47 bits per heavy atom. The molecule has 3 nitrogen and oxygen atoms in total. The number of hydrogen-bond acceptors (Lipinski definition) is 3. The third-order valence-electron chi connectivity index (χ3n) is 3.44. The third-order valence-corrected chi connectivity index (χ3v) is 3.44. The third kappa shape index (κ3) is 3.51. The zero-order valence-corrected chi connectivity index (χ0v) is 10.9. The number of hydrogen-bond donors (Lipinski definition) is 1. The number of pyridine rings is 1. The number of rotatable bonds is 4. The van der Waals surface area contributed by atoms with Gasteiger partial charge >= 0.3 is 0 Å². The van der Waals surface area contributed by atoms with Crippen LogP contribution >= 0.6 is 0 Å². The van der Waals surface area contributed by atoms with Crippen LogP contribution in [-0.2, 0) is 6.54 Å². The van der Waals surface area contributed by atoms with Crippen LogP contribution in [0.2, 0.25) is 0 Å². The summed E-state index contributed by atoms with van der Waals surface area (Å²) in [6.07, 6.45) is 4.40. The molecule has 2 heterocycles. The topological polar surface area (TPSA) is 28.2 Å². The quantitative estimate of drug-likeness (QED) is 0.862. The molecule has 0 amide bonds. The lowest BCUT2D eigenvalue weighted by molar-refractivity contribution is 0.118. The van der Waals surface area contributed by atoms with Gasteiger partial charge in [-0.2, -0.15) is 0 Å². The number of nitrogens with one attached hydrogen (secondary N) is 1. The molecular formula is C14H23N3. The first kappa shape index (κ1) is 12.5. The molecule has 17 heavy (non-hydrogen) atoms. The van der Waals surface area contributed by atoms with Gasteiger partial charge in [0.25, 0.3) is 0 Å². The monoisotopic (exact) mass is 233 g/mol. The first-order chi connectivity index (χ1) is 8.29. The predicted octanol–water partition coefficient (Wildman–Crippen LogP) is 2.04. The first-order valence-electron chi connectivity index (χ1n) is 6.67. The minimum absolute atomic E-state index is 0.590. The van der Waals surface area contributed by atoms with Crippen molar-refractivity contribution in [2.75, 3.05) is 13.1 Å². The normalized spacial score (nSPS) is 26.0. The van der Waals surface area contributed by atoms with Crippen molar-refractivity contribution in [1.82, 2.24) is 15.2 Å². The van der Waals surface area contributed by atoms with Gasteiger partial charge in [-0.25, -0.2) is 0 Å². The van der Waals surface area contributed by atoms with Crippen molar-refractivity contribution in [2.45, 2.75) is 45.3 Å². The van der Waals surface area contributed by atoms with E-state index in [0.717, 1.165) is 19.6 Å². The van der Waals surface area contributed by atoms with Gasteiger partial charge in [0, 0.05) is 37.9 Å². The second kappa shape index (κ2) is 6.12. The summed E-state index contributed by atoms with van der Waals surface area (Å²) < 4.78 is 0. The maximum Gasteiger partial charge on any atom is 0.0544 e. The highest BCUT2D eigenvalue weighted by Gasteiger charge is 2.25. The van der Waals surface area contributed by atoms with E-state index >= 15 is 0 Å². The Labute approximate surface area is 104 Å². The number of nitrogens with zero attached hydrogens (tertiary/aromatic N) is 2. The molecule has 94 valence electrons. The second-order valence-electron chi connectivity index (χ2n) is 5.00. The van der Waals surface area contributed by atoms with E-state index in [0.29, 0.717) is 12.1 Å². The van der Waals surface area contributed by atoms with E-state index in [2.05, 4.69) is 41.2 Å². The number of piperazine rings is 1. The van der Waals surface area contributed by atoms with Crippen molar-refractivity contribution in [3.63, 3.8) is 0 Å². The first-order valence-corrected chi connectivity index (χ1v) is 6.67. The van der Waals surface area contributed by atoms with Crippen LogP contribution in [0.25, 0.3) is 0 Å². The van der Waals surface area contributed by atoms with Crippen LogP contribution in [0.4, 0.5) is 0 Å². The molecule has 1 saturated heterocycles. The molecule has 1 N–H and O–H groups in total. The average molecular weight is 233 g/mol. The molecule has 3 heteroatoms. The van der Waals surface area contributed by atoms with Crippen molar-refractivity contribution in [1.29, 1.82) is 0 Å². The van der Waals surface area contributed by atoms with Crippen molar-refractivity contribution < 1.29 is 0 Å². The SMILES string of the molecule is CCCC1CNC(C)CN1Cc1ccccn1. The lowest BCUT2D eigenvalue weighted by atomic mass is 10.0. The Hall–Kier alpha value is -0.930. The molecule has 2 atom stereocenters. The Morgan fingerprint density at radius 3 is 3.06 bits per heavy atom. The second-order valence-corrected chi connectivity index (χ2v) is 5.00. The minimum Gasteiger partial charge on any atom is -0.311 e. The highest BCUT2D eigenvalue weighted by Crippen LogP contribution is 2.15. The maximum atomic E-state index is 4.43. The Morgan fingerprint density at radius 2 is 2.35 bits per heavy atom. The predicted molar refractivity (Wildman–Crippen MR) is 70.8 cm³/mol. The van der Waals surface area contributed by atoms with Crippen LogP contribution in [0.3, 0.4) is 0 Å². The largest absolute Gasteiger partial charge is 0.311 e. The molecule has 1 aliphatic rings. The molecule has 0 radical (unpaired) electrons. The highest BCUT2D eigenvalue weighted by atomic mass is 15.2. The van der Waals surface area contributed by atoms with E-state index in [1.54, 1.807) is 0 Å². The average Bonchev–Trinajstić information content (AvgIpc) is 2.34. The van der Waals surface area contributed by atoms with E-state index in [-0.39, 0.29) is 0 Å². The molecule has 0 bridgehead atoms. The Bertz CT molecular complexity index is 325. The van der Waals surface area contributed by atoms with E-state index in [1.165, 1.54) is 18.5 Å². The zero-order chi connectivity index (χ0) is 12.1. The van der Waals surface area contributed by atoms with Crippen molar-refractivity contribution in [3.8, 4) is 0 Å². The molecule has 1 aromatic heterocycles. The molecule has 0 aromatic carbocycles. The molecule has 0 saturated carbocycles. The Kier molecular flexibility index (Phi) is 4.51. The molecular weight excluding hydrogens is 210 g/mol. The van der Waals surface area contributed by atoms with Gasteiger partial charge in [-0.1, -0.05) is 19.4 Å². The van der Waals surface area contributed by atoms with Crippen LogP contribution in [-0.4, -0.2) is 35.1 Å². The molecule has 0 spiro atoms. The van der Waals surface area contributed by atoms with Crippen LogP contribution in [0.1, 0.15) is 32.4 Å². The summed E-state index contributed by atoms with van der Waals surface area (Å²) in [4.78, 5) is 7.01. The molecule has 0 aliphatic carbocycles. The van der Waals surface area contributed by atoms with Crippen LogP contribution < -0.4 is 5.32 Å². The Balaban J connectivity index is 1.99. The molecule has 2 rings (SSSR count). The summed E-state index contributed by atoms with van der Waals surface area (Å²) in [5, 5.41) is 3.57. The summed E-state index contributed by atoms with van der Waals surface area (Å²) in [7, 11) is 0. The summed E-state index contributed by atoms with van der Waals surface area (Å²) in [5.74, 6) is 0. The molecule has 2 unspecified atom stereocenters. The van der Waals surface area contributed by atoms with Crippen molar-refractivity contribution in [2.24, 2.45) is 0 Å². The fourth-order valence-electron chi connectivity index (χ4n) is 2.54. The summed E-state index contributed by atoms with van der Waals surface area (Å²) in [5.41, 5.74) is 1.18. The zero-order valence-electron chi connectivity index (χ0n) is 10.9. The van der Waals surface area contributed by atoms with Gasteiger partial charge in [0.15, 0.2) is 0 Å². The summed E-state index contributed by atoms with van der Waals surface area (Å²) >= 11 is 0. The van der Waals surface area contributed by atoms with Gasteiger partial charge in [-0.05, 0) is 25.5 Å². The fourth-order valence-corrected chi connectivity index (χ4v) is 2.54. The molecule has 1 aliphatic heterocycles. The van der Waals surface area contributed by atoms with E-state index in [4.69, 9.17) is 0 Å². The van der Waals surface area contributed by atoms with Crippen molar-refractivity contribution >= 4 is 0 Å². The van der Waals surface area contributed by atoms with Gasteiger partial charge in [-0.3, -0.25) is 9.88 Å². The lowest BCUT2D eigenvalue weighted by Crippen LogP contribution is -2.54. The van der Waals surface area contributed by atoms with Gasteiger partial charge in [0.1, 0.15) is 0 Å². The van der Waals surface area contributed by atoms with E-state index in [1.807, 2.05) is 12.3 Å². The number of aromatic nitrogens is 1. The maximum absolute atomic E-state index is 4.43. The summed E-state index contributed by atoms with van der Waals surface area (Å²) in [6.45, 7) is 7.74. The van der Waals surface area contributed by atoms with Gasteiger partial charge in [0.05, 0.1) is 5.69 Å². The van der Waals surface area contributed by atoms with E-state index < -0.39 is 0 Å². The molecule has 1 aromatic rings. The van der Waals surface area contributed by atoms with Crippen LogP contribution in [0.5, 0.6) is 0 Å². The summed E-state index contributed by atoms with van der Waals surface area (Å²) in [6, 6.07) is 7.43. The van der Waals surface area contributed by atoms with Crippen LogP contribution in [0.15, 0.2) is 24.4 Å². The standard InChI is InChI=1S/C14H23N3/c1-3-6-14-9-16-12(2)10-17(14)11-13-7-4-5-8-15-13/h4-5,7-8,12,14,16H,3,6,9-11H2,1-2H3. The minimum atomic E-state index is 0.590. The lowest BCUT2D eigenvalue weighted by Gasteiger charge is -2.39. The van der Waals surface area contributed by atoms with Crippen molar-refractivity contribution in [3.05, 3.63) is 30.1 Å². The fraction of sp³-hybridized carbons (Fsp3) is 0.643.